The maximum atomic E-state index is 11.8. The number of hydrogen-bond acceptors (Lipinski definition) is 2. The van der Waals surface area contributed by atoms with E-state index in [0.717, 1.165) is 6.42 Å². The molecule has 1 fully saturated rings. The molecule has 2 atom stereocenters. The van der Waals surface area contributed by atoms with Gasteiger partial charge in [0.05, 0.1) is 6.04 Å². The van der Waals surface area contributed by atoms with Gasteiger partial charge in [-0.15, -0.1) is 0 Å². The highest BCUT2D eigenvalue weighted by atomic mass is 16.2. The number of hydrogen-bond donors (Lipinski definition) is 0. The Balaban J connectivity index is 1.95. The van der Waals surface area contributed by atoms with Gasteiger partial charge in [-0.05, 0) is 43.5 Å². The second kappa shape index (κ2) is 4.97. The van der Waals surface area contributed by atoms with Crippen molar-refractivity contribution in [2.75, 3.05) is 20.1 Å². The van der Waals surface area contributed by atoms with Crippen molar-refractivity contribution < 1.29 is 4.79 Å². The van der Waals surface area contributed by atoms with Crippen molar-refractivity contribution in [3.8, 4) is 0 Å². The summed E-state index contributed by atoms with van der Waals surface area (Å²) in [6, 6.07) is 9.30. The molecule has 2 aliphatic rings. The smallest absolute Gasteiger partial charge is 0.219 e. The molecule has 1 amide bonds. The van der Waals surface area contributed by atoms with Crippen molar-refractivity contribution in [2.24, 2.45) is 0 Å². The summed E-state index contributed by atoms with van der Waals surface area (Å²) in [7, 11) is 1.94. The van der Waals surface area contributed by atoms with Crippen molar-refractivity contribution in [2.45, 2.75) is 38.3 Å². The predicted molar refractivity (Wildman–Crippen MR) is 75.9 cm³/mol. The zero-order chi connectivity index (χ0) is 13.4. The molecule has 1 aromatic carbocycles. The van der Waals surface area contributed by atoms with Gasteiger partial charge in [0.2, 0.25) is 5.91 Å². The number of amides is 1. The fraction of sp³-hybridized carbons (Fsp3) is 0.562. The molecule has 102 valence electrons. The maximum Gasteiger partial charge on any atom is 0.219 e. The van der Waals surface area contributed by atoms with Gasteiger partial charge in [0, 0.05) is 20.0 Å². The largest absolute Gasteiger partial charge is 0.337 e. The van der Waals surface area contributed by atoms with Gasteiger partial charge in [-0.25, -0.2) is 0 Å². The molecule has 1 aliphatic heterocycles. The standard InChI is InChI=1S/C16H22N2O/c1-12(19)17(2)16-14-8-4-3-7-13(14)11-15(16)18-9-5-6-10-18/h3-4,7-8,15-16H,5-6,9-11H2,1-2H3. The topological polar surface area (TPSA) is 23.6 Å². The van der Waals surface area contributed by atoms with E-state index in [0.29, 0.717) is 6.04 Å². The van der Waals surface area contributed by atoms with Crippen LogP contribution in [-0.2, 0) is 11.2 Å². The fourth-order valence-corrected chi connectivity index (χ4v) is 3.62. The molecule has 1 heterocycles. The van der Waals surface area contributed by atoms with E-state index in [1.165, 1.54) is 37.1 Å². The van der Waals surface area contributed by atoms with Gasteiger partial charge in [0.25, 0.3) is 0 Å². The van der Waals surface area contributed by atoms with Crippen LogP contribution in [0.1, 0.15) is 36.9 Å². The molecule has 19 heavy (non-hydrogen) atoms. The second-order valence-corrected chi connectivity index (χ2v) is 5.79. The molecule has 0 saturated carbocycles. The predicted octanol–water partition coefficient (Wildman–Crippen LogP) is 2.23. The summed E-state index contributed by atoms with van der Waals surface area (Å²) in [6.07, 6.45) is 3.67. The van der Waals surface area contributed by atoms with Crippen molar-refractivity contribution in [1.29, 1.82) is 0 Å². The second-order valence-electron chi connectivity index (χ2n) is 5.79. The molecule has 1 saturated heterocycles. The summed E-state index contributed by atoms with van der Waals surface area (Å²) in [6.45, 7) is 4.03. The average molecular weight is 258 g/mol. The third-order valence-electron chi connectivity index (χ3n) is 4.69. The van der Waals surface area contributed by atoms with Crippen molar-refractivity contribution >= 4 is 5.91 Å². The maximum absolute atomic E-state index is 11.8. The molecule has 0 aromatic heterocycles. The first-order valence-corrected chi connectivity index (χ1v) is 7.23. The summed E-state index contributed by atoms with van der Waals surface area (Å²) >= 11 is 0. The molecule has 3 heteroatoms. The lowest BCUT2D eigenvalue weighted by Gasteiger charge is -2.35. The molecule has 0 spiro atoms. The summed E-state index contributed by atoms with van der Waals surface area (Å²) in [4.78, 5) is 16.3. The van der Waals surface area contributed by atoms with Crippen LogP contribution < -0.4 is 0 Å². The SMILES string of the molecule is CC(=O)N(C)C1c2ccccc2CC1N1CCCC1. The summed E-state index contributed by atoms with van der Waals surface area (Å²) in [5.41, 5.74) is 2.76. The van der Waals surface area contributed by atoms with Crippen LogP contribution in [0.5, 0.6) is 0 Å². The van der Waals surface area contributed by atoms with E-state index in [2.05, 4.69) is 29.2 Å². The molecule has 1 aromatic rings. The van der Waals surface area contributed by atoms with Gasteiger partial charge in [-0.2, -0.15) is 0 Å². The Morgan fingerprint density at radius 3 is 2.63 bits per heavy atom. The Bertz CT molecular complexity index is 479. The van der Waals surface area contributed by atoms with E-state index in [1.54, 1.807) is 6.92 Å². The number of nitrogens with zero attached hydrogens (tertiary/aromatic N) is 2. The highest BCUT2D eigenvalue weighted by molar-refractivity contribution is 5.74. The van der Waals surface area contributed by atoms with E-state index < -0.39 is 0 Å². The third-order valence-corrected chi connectivity index (χ3v) is 4.69. The first-order chi connectivity index (χ1) is 9.18. The molecular formula is C16H22N2O. The first-order valence-electron chi connectivity index (χ1n) is 7.23. The fourth-order valence-electron chi connectivity index (χ4n) is 3.62. The summed E-state index contributed by atoms with van der Waals surface area (Å²) in [5, 5.41) is 0. The lowest BCUT2D eigenvalue weighted by molar-refractivity contribution is -0.130. The number of carbonyl (C=O) groups excluding carboxylic acids is 1. The minimum absolute atomic E-state index is 0.158. The molecular weight excluding hydrogens is 236 g/mol. The van der Waals surface area contributed by atoms with E-state index >= 15 is 0 Å². The van der Waals surface area contributed by atoms with Gasteiger partial charge >= 0.3 is 0 Å². The van der Waals surface area contributed by atoms with Crippen LogP contribution in [-0.4, -0.2) is 41.9 Å². The minimum Gasteiger partial charge on any atom is -0.337 e. The van der Waals surface area contributed by atoms with Crippen LogP contribution in [0.15, 0.2) is 24.3 Å². The molecule has 0 bridgehead atoms. The lowest BCUT2D eigenvalue weighted by Crippen LogP contribution is -2.43. The van der Waals surface area contributed by atoms with Gasteiger partial charge in [0.1, 0.15) is 0 Å². The highest BCUT2D eigenvalue weighted by Crippen LogP contribution is 2.39. The molecule has 3 rings (SSSR count). The zero-order valence-electron chi connectivity index (χ0n) is 11.8. The Morgan fingerprint density at radius 2 is 1.95 bits per heavy atom. The van der Waals surface area contributed by atoms with E-state index in [-0.39, 0.29) is 11.9 Å². The van der Waals surface area contributed by atoms with Gasteiger partial charge in [-0.1, -0.05) is 24.3 Å². The van der Waals surface area contributed by atoms with Crippen LogP contribution in [0.25, 0.3) is 0 Å². The number of benzene rings is 1. The monoisotopic (exact) mass is 258 g/mol. The van der Waals surface area contributed by atoms with E-state index in [9.17, 15) is 4.79 Å². The van der Waals surface area contributed by atoms with Gasteiger partial charge in [-0.3, -0.25) is 9.69 Å². The number of rotatable bonds is 2. The minimum atomic E-state index is 0.158. The molecule has 3 nitrogen and oxygen atoms in total. The van der Waals surface area contributed by atoms with Crippen molar-refractivity contribution in [3.63, 3.8) is 0 Å². The number of likely N-dealkylation sites (tertiary alicyclic amines) is 1. The molecule has 0 radical (unpaired) electrons. The Hall–Kier alpha value is -1.35. The number of likely N-dealkylation sites (N-methyl/N-ethyl adjacent to an activating group) is 1. The molecule has 1 aliphatic carbocycles. The molecule has 2 unspecified atom stereocenters. The van der Waals surface area contributed by atoms with E-state index in [4.69, 9.17) is 0 Å². The van der Waals surface area contributed by atoms with Crippen LogP contribution >= 0.6 is 0 Å². The normalized spacial score (nSPS) is 26.4. The summed E-state index contributed by atoms with van der Waals surface area (Å²) < 4.78 is 0. The molecule has 0 N–H and O–H groups in total. The lowest BCUT2D eigenvalue weighted by atomic mass is 10.0. The number of carbonyl (C=O) groups is 1. The highest BCUT2D eigenvalue weighted by Gasteiger charge is 2.39. The Morgan fingerprint density at radius 1 is 1.26 bits per heavy atom. The zero-order valence-corrected chi connectivity index (χ0v) is 11.8. The van der Waals surface area contributed by atoms with Crippen molar-refractivity contribution in [3.05, 3.63) is 35.4 Å². The van der Waals surface area contributed by atoms with Gasteiger partial charge in [0.15, 0.2) is 0 Å². The van der Waals surface area contributed by atoms with E-state index in [1.807, 2.05) is 11.9 Å². The van der Waals surface area contributed by atoms with Crippen LogP contribution in [0, 0.1) is 0 Å². The Kier molecular flexibility index (Phi) is 3.31. The first kappa shape index (κ1) is 12.7. The summed E-state index contributed by atoms with van der Waals surface area (Å²) in [5.74, 6) is 0.158. The third kappa shape index (κ3) is 2.16. The van der Waals surface area contributed by atoms with Crippen LogP contribution in [0.3, 0.4) is 0 Å². The average Bonchev–Trinajstić information content (AvgIpc) is 3.04. The quantitative estimate of drug-likeness (QED) is 0.812. The van der Waals surface area contributed by atoms with Crippen LogP contribution in [0.4, 0.5) is 0 Å². The van der Waals surface area contributed by atoms with Crippen molar-refractivity contribution in [1.82, 2.24) is 9.80 Å². The number of fused-ring (bicyclic) bond motifs is 1. The van der Waals surface area contributed by atoms with Crippen LogP contribution in [0.2, 0.25) is 0 Å². The Labute approximate surface area is 115 Å². The van der Waals surface area contributed by atoms with Gasteiger partial charge < -0.3 is 4.90 Å².